The van der Waals surface area contributed by atoms with E-state index in [9.17, 15) is 9.59 Å². The van der Waals surface area contributed by atoms with Crippen molar-refractivity contribution in [2.24, 2.45) is 0 Å². The van der Waals surface area contributed by atoms with Crippen molar-refractivity contribution >= 4 is 23.4 Å². The van der Waals surface area contributed by atoms with Crippen molar-refractivity contribution in [3.63, 3.8) is 0 Å². The molecule has 0 spiro atoms. The van der Waals surface area contributed by atoms with Crippen molar-refractivity contribution in [1.29, 1.82) is 0 Å². The van der Waals surface area contributed by atoms with Gasteiger partial charge in [0.2, 0.25) is 5.91 Å². The van der Waals surface area contributed by atoms with Crippen LogP contribution in [-0.2, 0) is 11.2 Å². The first kappa shape index (κ1) is 19.6. The molecule has 1 aliphatic heterocycles. The number of carbonyl (C=O) groups excluding carboxylic acids is 2. The van der Waals surface area contributed by atoms with Crippen LogP contribution in [0.5, 0.6) is 11.5 Å². The van der Waals surface area contributed by atoms with E-state index in [1.54, 1.807) is 12.1 Å². The number of benzene rings is 2. The van der Waals surface area contributed by atoms with Gasteiger partial charge in [0.1, 0.15) is 6.04 Å². The van der Waals surface area contributed by atoms with Crippen molar-refractivity contribution in [2.45, 2.75) is 37.8 Å². The Kier molecular flexibility index (Phi) is 5.90. The Morgan fingerprint density at radius 1 is 1.10 bits per heavy atom. The number of halogens is 1. The zero-order valence-corrected chi connectivity index (χ0v) is 16.7. The number of rotatable bonds is 6. The van der Waals surface area contributed by atoms with E-state index in [1.165, 1.54) is 0 Å². The van der Waals surface area contributed by atoms with E-state index in [0.29, 0.717) is 41.7 Å². The second kappa shape index (κ2) is 8.74. The van der Waals surface area contributed by atoms with Crippen molar-refractivity contribution in [1.82, 2.24) is 10.6 Å². The molecule has 0 bridgehead atoms. The predicted molar refractivity (Wildman–Crippen MR) is 110 cm³/mol. The Balaban J connectivity index is 1.53. The molecule has 2 N–H and O–H groups in total. The Labute approximate surface area is 174 Å². The minimum absolute atomic E-state index is 0.176. The minimum Gasteiger partial charge on any atom is -0.489 e. The van der Waals surface area contributed by atoms with Gasteiger partial charge < -0.3 is 20.1 Å². The predicted octanol–water partition coefficient (Wildman–Crippen LogP) is 3.12. The molecule has 2 amide bonds. The molecule has 152 valence electrons. The molecule has 2 aromatic carbocycles. The highest BCUT2D eigenvalue weighted by Crippen LogP contribution is 2.38. The smallest absolute Gasteiger partial charge is 0.252 e. The lowest BCUT2D eigenvalue weighted by Crippen LogP contribution is -2.48. The number of amides is 2. The van der Waals surface area contributed by atoms with E-state index < -0.39 is 6.04 Å². The molecule has 1 atom stereocenters. The van der Waals surface area contributed by atoms with Gasteiger partial charge >= 0.3 is 0 Å². The Morgan fingerprint density at radius 2 is 1.86 bits per heavy atom. The van der Waals surface area contributed by atoms with Gasteiger partial charge in [0, 0.05) is 24.4 Å². The van der Waals surface area contributed by atoms with Crippen molar-refractivity contribution in [2.75, 3.05) is 13.2 Å². The van der Waals surface area contributed by atoms with E-state index in [0.717, 1.165) is 24.8 Å². The number of fused-ring (bicyclic) bond motifs is 1. The highest BCUT2D eigenvalue weighted by Gasteiger charge is 2.29. The van der Waals surface area contributed by atoms with Gasteiger partial charge in [-0.25, -0.2) is 0 Å². The summed E-state index contributed by atoms with van der Waals surface area (Å²) in [7, 11) is 0. The number of carbonyl (C=O) groups is 2. The van der Waals surface area contributed by atoms with Crippen LogP contribution in [0.1, 0.15) is 35.2 Å². The first-order valence-corrected chi connectivity index (χ1v) is 10.2. The summed E-state index contributed by atoms with van der Waals surface area (Å²) in [6.07, 6.45) is 3.11. The second-order valence-corrected chi connectivity index (χ2v) is 7.74. The highest BCUT2D eigenvalue weighted by atomic mass is 35.5. The maximum Gasteiger partial charge on any atom is 0.252 e. The summed E-state index contributed by atoms with van der Waals surface area (Å²) in [6, 6.07) is 12.3. The van der Waals surface area contributed by atoms with E-state index in [2.05, 4.69) is 10.6 Å². The summed E-state index contributed by atoms with van der Waals surface area (Å²) >= 11 is 6.31. The van der Waals surface area contributed by atoms with Crippen LogP contribution in [0.15, 0.2) is 42.5 Å². The van der Waals surface area contributed by atoms with Crippen LogP contribution in [-0.4, -0.2) is 37.1 Å². The van der Waals surface area contributed by atoms with Crippen LogP contribution in [0.2, 0.25) is 5.02 Å². The normalized spacial score (nSPS) is 16.4. The summed E-state index contributed by atoms with van der Waals surface area (Å²) in [4.78, 5) is 25.6. The van der Waals surface area contributed by atoms with Crippen molar-refractivity contribution < 1.29 is 19.1 Å². The first-order valence-electron chi connectivity index (χ1n) is 9.84. The lowest BCUT2D eigenvalue weighted by atomic mass is 10.0. The summed E-state index contributed by atoms with van der Waals surface area (Å²) < 4.78 is 11.3. The van der Waals surface area contributed by atoms with Gasteiger partial charge in [0.25, 0.3) is 5.91 Å². The van der Waals surface area contributed by atoms with Crippen LogP contribution >= 0.6 is 11.6 Å². The van der Waals surface area contributed by atoms with Gasteiger partial charge in [-0.05, 0) is 30.5 Å². The van der Waals surface area contributed by atoms with E-state index in [1.807, 2.05) is 30.3 Å². The number of ether oxygens (including phenoxy) is 2. The fraction of sp³-hybridized carbons (Fsp3) is 0.364. The topological polar surface area (TPSA) is 76.7 Å². The molecule has 1 fully saturated rings. The molecule has 6 nitrogen and oxygen atoms in total. The van der Waals surface area contributed by atoms with Crippen LogP contribution in [0, 0.1) is 0 Å². The Morgan fingerprint density at radius 3 is 2.62 bits per heavy atom. The third-order valence-electron chi connectivity index (χ3n) is 4.89. The van der Waals surface area contributed by atoms with Crippen molar-refractivity contribution in [3.8, 4) is 11.5 Å². The number of nitrogens with one attached hydrogen (secondary N) is 2. The van der Waals surface area contributed by atoms with Crippen LogP contribution in [0.4, 0.5) is 0 Å². The molecule has 1 saturated carbocycles. The van der Waals surface area contributed by atoms with Crippen molar-refractivity contribution in [3.05, 3.63) is 58.6 Å². The molecule has 7 heteroatoms. The fourth-order valence-electron chi connectivity index (χ4n) is 3.19. The van der Waals surface area contributed by atoms with Crippen LogP contribution in [0.3, 0.4) is 0 Å². The molecular formula is C22H23ClN2O4. The summed E-state index contributed by atoms with van der Waals surface area (Å²) in [5, 5.41) is 6.15. The minimum atomic E-state index is -0.680. The molecule has 29 heavy (non-hydrogen) atoms. The Hall–Kier alpha value is -2.73. The van der Waals surface area contributed by atoms with Crippen LogP contribution < -0.4 is 20.1 Å². The molecule has 4 rings (SSSR count). The number of hydrogen-bond acceptors (Lipinski definition) is 4. The zero-order chi connectivity index (χ0) is 20.2. The second-order valence-electron chi connectivity index (χ2n) is 7.33. The maximum absolute atomic E-state index is 12.9. The van der Waals surface area contributed by atoms with E-state index >= 15 is 0 Å². The van der Waals surface area contributed by atoms with Gasteiger partial charge in [-0.1, -0.05) is 41.9 Å². The molecule has 1 heterocycles. The quantitative estimate of drug-likeness (QED) is 0.761. The first-order chi connectivity index (χ1) is 14.1. The molecule has 2 aromatic rings. The lowest BCUT2D eigenvalue weighted by molar-refractivity contribution is -0.123. The number of hydrogen-bond donors (Lipinski definition) is 2. The van der Waals surface area contributed by atoms with E-state index in [-0.39, 0.29) is 17.9 Å². The van der Waals surface area contributed by atoms with Gasteiger partial charge in [-0.3, -0.25) is 9.59 Å². The van der Waals surface area contributed by atoms with Gasteiger partial charge in [-0.2, -0.15) is 0 Å². The van der Waals surface area contributed by atoms with Gasteiger partial charge in [0.05, 0.1) is 18.2 Å². The zero-order valence-electron chi connectivity index (χ0n) is 15.9. The average molecular weight is 415 g/mol. The summed E-state index contributed by atoms with van der Waals surface area (Å²) in [5.41, 5.74) is 1.30. The fourth-order valence-corrected chi connectivity index (χ4v) is 3.46. The third-order valence-corrected chi connectivity index (χ3v) is 5.17. The Bertz CT molecular complexity index is 899. The largest absolute Gasteiger partial charge is 0.489 e. The molecule has 0 aromatic heterocycles. The molecular weight excluding hydrogens is 392 g/mol. The summed E-state index contributed by atoms with van der Waals surface area (Å²) in [5.74, 6) is 0.342. The SMILES string of the molecule is O=C(NC(Cc1ccccc1)C(=O)NC1CC1)c1cc(Cl)c2c(c1)OCCCO2. The molecule has 2 aliphatic rings. The van der Waals surface area contributed by atoms with Gasteiger partial charge in [0.15, 0.2) is 11.5 Å². The standard InChI is InChI=1S/C22H23ClN2O4/c23-17-12-15(13-19-20(17)29-10-4-9-28-19)21(26)25-18(22(27)24-16-7-8-16)11-14-5-2-1-3-6-14/h1-3,5-6,12-13,16,18H,4,7-11H2,(H,24,27)(H,25,26). The molecule has 1 unspecified atom stereocenters. The van der Waals surface area contributed by atoms with E-state index in [4.69, 9.17) is 21.1 Å². The third kappa shape index (κ3) is 5.01. The monoisotopic (exact) mass is 414 g/mol. The maximum atomic E-state index is 12.9. The molecule has 0 radical (unpaired) electrons. The van der Waals surface area contributed by atoms with Gasteiger partial charge in [-0.15, -0.1) is 0 Å². The average Bonchev–Trinajstić information content (AvgIpc) is 3.55. The lowest BCUT2D eigenvalue weighted by Gasteiger charge is -2.19. The highest BCUT2D eigenvalue weighted by molar-refractivity contribution is 6.32. The molecule has 0 saturated heterocycles. The molecule has 1 aliphatic carbocycles. The van der Waals surface area contributed by atoms with Crippen LogP contribution in [0.25, 0.3) is 0 Å². The summed E-state index contributed by atoms with van der Waals surface area (Å²) in [6.45, 7) is 1.01.